The van der Waals surface area contributed by atoms with Gasteiger partial charge in [-0.25, -0.2) is 0 Å². The van der Waals surface area contributed by atoms with E-state index in [1.807, 2.05) is 32.9 Å². The van der Waals surface area contributed by atoms with Crippen molar-refractivity contribution in [1.29, 1.82) is 0 Å². The van der Waals surface area contributed by atoms with Gasteiger partial charge in [0.1, 0.15) is 0 Å². The minimum Gasteiger partial charge on any atom is -0.355 e. The predicted molar refractivity (Wildman–Crippen MR) is 80.8 cm³/mol. The summed E-state index contributed by atoms with van der Waals surface area (Å²) in [6, 6.07) is 5.26. The number of carbonyl (C=O) groups is 1. The molecule has 0 radical (unpaired) electrons. The van der Waals surface area contributed by atoms with E-state index in [0.717, 1.165) is 12.0 Å². The molecule has 0 bridgehead atoms. The van der Waals surface area contributed by atoms with Crippen LogP contribution in [0.3, 0.4) is 0 Å². The summed E-state index contributed by atoms with van der Waals surface area (Å²) < 4.78 is 0. The fraction of sp³-hybridized carbons (Fsp3) is 0.500. The van der Waals surface area contributed by atoms with Crippen LogP contribution >= 0.6 is 23.2 Å². The molecule has 1 aromatic carbocycles. The van der Waals surface area contributed by atoms with Gasteiger partial charge in [-0.15, -0.1) is 0 Å². The smallest absolute Gasteiger partial charge is 0.236 e. The molecule has 2 unspecified atom stereocenters. The summed E-state index contributed by atoms with van der Waals surface area (Å²) in [7, 11) is 0. The highest BCUT2D eigenvalue weighted by molar-refractivity contribution is 6.42. The molecule has 0 saturated carbocycles. The lowest BCUT2D eigenvalue weighted by atomic mass is 10.1. The van der Waals surface area contributed by atoms with Crippen molar-refractivity contribution in [2.75, 3.05) is 6.54 Å². The minimum absolute atomic E-state index is 0.00811. The Labute approximate surface area is 124 Å². The average molecular weight is 303 g/mol. The van der Waals surface area contributed by atoms with Crippen molar-refractivity contribution in [3.05, 3.63) is 33.8 Å². The first-order chi connectivity index (χ1) is 8.95. The highest BCUT2D eigenvalue weighted by Gasteiger charge is 2.16. The molecule has 0 spiro atoms. The molecule has 19 heavy (non-hydrogen) atoms. The number of amides is 1. The van der Waals surface area contributed by atoms with Crippen LogP contribution in [-0.2, 0) is 4.79 Å². The topological polar surface area (TPSA) is 41.1 Å². The Kier molecular flexibility index (Phi) is 6.63. The maximum atomic E-state index is 11.8. The van der Waals surface area contributed by atoms with Gasteiger partial charge in [0.05, 0.1) is 16.1 Å². The van der Waals surface area contributed by atoms with E-state index in [1.165, 1.54) is 0 Å². The van der Waals surface area contributed by atoms with Gasteiger partial charge < -0.3 is 5.32 Å². The van der Waals surface area contributed by atoms with E-state index in [-0.39, 0.29) is 18.0 Å². The van der Waals surface area contributed by atoms with Crippen molar-refractivity contribution in [2.24, 2.45) is 0 Å². The molecule has 2 N–H and O–H groups in total. The maximum Gasteiger partial charge on any atom is 0.236 e. The predicted octanol–water partition coefficient (Wildman–Crippen LogP) is 3.56. The van der Waals surface area contributed by atoms with Crippen LogP contribution in [0.1, 0.15) is 38.8 Å². The van der Waals surface area contributed by atoms with Gasteiger partial charge in [-0.1, -0.05) is 36.2 Å². The van der Waals surface area contributed by atoms with Crippen LogP contribution in [0.15, 0.2) is 18.2 Å². The molecule has 0 aromatic heterocycles. The van der Waals surface area contributed by atoms with E-state index in [0.29, 0.717) is 16.6 Å². The molecule has 0 saturated heterocycles. The van der Waals surface area contributed by atoms with Crippen LogP contribution < -0.4 is 10.6 Å². The average Bonchev–Trinajstić information content (AvgIpc) is 2.38. The lowest BCUT2D eigenvalue weighted by molar-refractivity contribution is -0.122. The fourth-order valence-electron chi connectivity index (χ4n) is 1.73. The molecule has 0 aliphatic carbocycles. The molecule has 1 rings (SSSR count). The van der Waals surface area contributed by atoms with Gasteiger partial charge in [0, 0.05) is 12.6 Å². The molecule has 1 aromatic rings. The van der Waals surface area contributed by atoms with E-state index >= 15 is 0 Å². The van der Waals surface area contributed by atoms with E-state index < -0.39 is 0 Å². The largest absolute Gasteiger partial charge is 0.355 e. The maximum absolute atomic E-state index is 11.8. The molecule has 5 heteroatoms. The van der Waals surface area contributed by atoms with E-state index in [4.69, 9.17) is 23.2 Å². The summed E-state index contributed by atoms with van der Waals surface area (Å²) in [5, 5.41) is 7.16. The highest BCUT2D eigenvalue weighted by Crippen LogP contribution is 2.25. The van der Waals surface area contributed by atoms with E-state index in [1.54, 1.807) is 6.07 Å². The van der Waals surface area contributed by atoms with Crippen molar-refractivity contribution in [3.8, 4) is 0 Å². The third-order valence-corrected chi connectivity index (χ3v) is 3.63. The van der Waals surface area contributed by atoms with E-state index in [2.05, 4.69) is 10.6 Å². The SMILES string of the molecule is CCCNC(=O)C(C)NC(C)c1ccc(Cl)c(Cl)c1. The van der Waals surface area contributed by atoms with Crippen molar-refractivity contribution in [2.45, 2.75) is 39.3 Å². The summed E-state index contributed by atoms with van der Waals surface area (Å²) in [6.07, 6.45) is 0.931. The highest BCUT2D eigenvalue weighted by atomic mass is 35.5. The molecular weight excluding hydrogens is 283 g/mol. The van der Waals surface area contributed by atoms with Gasteiger partial charge in [0.2, 0.25) is 5.91 Å². The molecular formula is C14H20Cl2N2O. The molecule has 1 amide bonds. The summed E-state index contributed by atoms with van der Waals surface area (Å²) >= 11 is 11.9. The molecule has 0 heterocycles. The summed E-state index contributed by atoms with van der Waals surface area (Å²) in [6.45, 7) is 6.56. The Morgan fingerprint density at radius 3 is 2.53 bits per heavy atom. The Morgan fingerprint density at radius 2 is 1.95 bits per heavy atom. The first-order valence-electron chi connectivity index (χ1n) is 6.44. The standard InChI is InChI=1S/C14H20Cl2N2O/c1-4-7-17-14(19)10(3)18-9(2)11-5-6-12(15)13(16)8-11/h5-6,8-10,18H,4,7H2,1-3H3,(H,17,19). The molecule has 0 fully saturated rings. The van der Waals surface area contributed by atoms with Gasteiger partial charge >= 0.3 is 0 Å². The first kappa shape index (κ1) is 16.3. The lowest BCUT2D eigenvalue weighted by Crippen LogP contribution is -2.43. The molecule has 0 aliphatic rings. The molecule has 3 nitrogen and oxygen atoms in total. The van der Waals surface area contributed by atoms with Gasteiger partial charge in [0.25, 0.3) is 0 Å². The summed E-state index contributed by atoms with van der Waals surface area (Å²) in [4.78, 5) is 11.8. The van der Waals surface area contributed by atoms with Crippen molar-refractivity contribution in [3.63, 3.8) is 0 Å². The quantitative estimate of drug-likeness (QED) is 0.843. The summed E-state index contributed by atoms with van der Waals surface area (Å²) in [5.74, 6) is 0.00811. The monoisotopic (exact) mass is 302 g/mol. The number of carbonyl (C=O) groups excluding carboxylic acids is 1. The number of halogens is 2. The third-order valence-electron chi connectivity index (χ3n) is 2.89. The van der Waals surface area contributed by atoms with Gasteiger partial charge in [-0.3, -0.25) is 10.1 Å². The zero-order valence-corrected chi connectivity index (χ0v) is 13.0. The van der Waals surface area contributed by atoms with Gasteiger partial charge in [-0.2, -0.15) is 0 Å². The van der Waals surface area contributed by atoms with Crippen LogP contribution in [0, 0.1) is 0 Å². The Bertz CT molecular complexity index is 437. The van der Waals surface area contributed by atoms with Crippen molar-refractivity contribution >= 4 is 29.1 Å². The Hall–Kier alpha value is -0.770. The number of hydrogen-bond acceptors (Lipinski definition) is 2. The number of rotatable bonds is 6. The zero-order chi connectivity index (χ0) is 14.4. The van der Waals surface area contributed by atoms with Gasteiger partial charge in [0.15, 0.2) is 0 Å². The van der Waals surface area contributed by atoms with Crippen LogP contribution in [0.2, 0.25) is 10.0 Å². The number of nitrogens with one attached hydrogen (secondary N) is 2. The normalized spacial score (nSPS) is 13.9. The second-order valence-corrected chi connectivity index (χ2v) is 5.39. The van der Waals surface area contributed by atoms with Crippen molar-refractivity contribution in [1.82, 2.24) is 10.6 Å². The lowest BCUT2D eigenvalue weighted by Gasteiger charge is -2.20. The third kappa shape index (κ3) is 5.01. The van der Waals surface area contributed by atoms with Crippen LogP contribution in [-0.4, -0.2) is 18.5 Å². The van der Waals surface area contributed by atoms with E-state index in [9.17, 15) is 4.79 Å². The number of hydrogen-bond donors (Lipinski definition) is 2. The molecule has 2 atom stereocenters. The Balaban J connectivity index is 2.60. The fourth-order valence-corrected chi connectivity index (χ4v) is 2.04. The Morgan fingerprint density at radius 1 is 1.26 bits per heavy atom. The van der Waals surface area contributed by atoms with Crippen LogP contribution in [0.25, 0.3) is 0 Å². The summed E-state index contributed by atoms with van der Waals surface area (Å²) in [5.41, 5.74) is 1.00. The first-order valence-corrected chi connectivity index (χ1v) is 7.20. The zero-order valence-electron chi connectivity index (χ0n) is 11.5. The second-order valence-electron chi connectivity index (χ2n) is 4.57. The van der Waals surface area contributed by atoms with Crippen LogP contribution in [0.4, 0.5) is 0 Å². The minimum atomic E-state index is -0.254. The second kappa shape index (κ2) is 7.73. The van der Waals surface area contributed by atoms with Crippen molar-refractivity contribution < 1.29 is 4.79 Å². The number of benzene rings is 1. The molecule has 0 aliphatic heterocycles. The van der Waals surface area contributed by atoms with Crippen LogP contribution in [0.5, 0.6) is 0 Å². The molecule has 106 valence electrons. The van der Waals surface area contributed by atoms with Gasteiger partial charge in [-0.05, 0) is 38.0 Å².